The Labute approximate surface area is 71.3 Å². The van der Waals surface area contributed by atoms with Gasteiger partial charge in [0, 0.05) is 6.20 Å². The Hall–Kier alpha value is -1.52. The Kier molecular flexibility index (Phi) is 2.32. The van der Waals surface area contributed by atoms with Gasteiger partial charge in [-0.05, 0) is 19.9 Å². The van der Waals surface area contributed by atoms with Crippen LogP contribution in [-0.2, 0) is 0 Å². The molecule has 5 nitrogen and oxygen atoms in total. The van der Waals surface area contributed by atoms with Gasteiger partial charge in [-0.25, -0.2) is 5.01 Å². The molecule has 0 atom stereocenters. The number of hydrogen-bond donors (Lipinski definition) is 2. The largest absolute Gasteiger partial charge is 0.369 e. The molecule has 1 aromatic rings. The normalized spacial score (nSPS) is 10.2. The van der Waals surface area contributed by atoms with E-state index in [-0.39, 0.29) is 12.0 Å². The molecule has 1 aromatic heterocycles. The Bertz CT molecular complexity index is 251. The lowest BCUT2D eigenvalue weighted by atomic mass is 10.4. The van der Waals surface area contributed by atoms with Gasteiger partial charge in [-0.15, -0.1) is 0 Å². The minimum Gasteiger partial charge on any atom is -0.369 e. The number of aromatic nitrogens is 2. The Balaban J connectivity index is 2.88. The zero-order valence-electron chi connectivity index (χ0n) is 7.23. The second-order valence-electron chi connectivity index (χ2n) is 2.75. The molecular weight excluding hydrogens is 154 g/mol. The van der Waals surface area contributed by atoms with Gasteiger partial charge in [0.1, 0.15) is 0 Å². The summed E-state index contributed by atoms with van der Waals surface area (Å²) in [5.41, 5.74) is 5.38. The van der Waals surface area contributed by atoms with E-state index < -0.39 is 0 Å². The molecule has 0 aliphatic carbocycles. The lowest BCUT2D eigenvalue weighted by molar-refractivity contribution is 0.564. The molecular formula is C7H13N5. The fourth-order valence-corrected chi connectivity index (χ4v) is 1.01. The number of rotatable bonds is 2. The van der Waals surface area contributed by atoms with Gasteiger partial charge in [-0.1, -0.05) is 0 Å². The van der Waals surface area contributed by atoms with Gasteiger partial charge in [0.2, 0.25) is 5.96 Å². The van der Waals surface area contributed by atoms with Gasteiger partial charge in [-0.3, -0.25) is 5.41 Å². The molecule has 66 valence electrons. The first kappa shape index (κ1) is 8.58. The van der Waals surface area contributed by atoms with Crippen LogP contribution in [0.15, 0.2) is 18.5 Å². The monoisotopic (exact) mass is 167 g/mol. The third kappa shape index (κ3) is 1.55. The van der Waals surface area contributed by atoms with Crippen molar-refractivity contribution >= 4 is 5.96 Å². The number of nitrogens with two attached hydrogens (primary N) is 1. The predicted molar refractivity (Wildman–Crippen MR) is 47.5 cm³/mol. The highest BCUT2D eigenvalue weighted by molar-refractivity contribution is 5.84. The van der Waals surface area contributed by atoms with Crippen LogP contribution in [0.2, 0.25) is 0 Å². The van der Waals surface area contributed by atoms with Gasteiger partial charge in [-0.2, -0.15) is 9.89 Å². The van der Waals surface area contributed by atoms with E-state index in [0.717, 1.165) is 0 Å². The van der Waals surface area contributed by atoms with Crippen molar-refractivity contribution in [3.63, 3.8) is 0 Å². The topological polar surface area (TPSA) is 70.9 Å². The molecule has 0 fully saturated rings. The van der Waals surface area contributed by atoms with E-state index in [0.29, 0.717) is 0 Å². The summed E-state index contributed by atoms with van der Waals surface area (Å²) < 4.78 is 0. The smallest absolute Gasteiger partial charge is 0.209 e. The third-order valence-electron chi connectivity index (χ3n) is 1.45. The summed E-state index contributed by atoms with van der Waals surface area (Å²) in [5.74, 6) is -0.00583. The summed E-state index contributed by atoms with van der Waals surface area (Å²) in [5, 5.41) is 12.9. The molecule has 0 spiro atoms. The van der Waals surface area contributed by atoms with Crippen molar-refractivity contribution in [2.24, 2.45) is 5.73 Å². The first-order valence-corrected chi connectivity index (χ1v) is 3.76. The molecule has 12 heavy (non-hydrogen) atoms. The minimum atomic E-state index is -0.00583. The van der Waals surface area contributed by atoms with Crippen molar-refractivity contribution in [3.05, 3.63) is 18.5 Å². The zero-order chi connectivity index (χ0) is 9.14. The van der Waals surface area contributed by atoms with Crippen LogP contribution in [0.3, 0.4) is 0 Å². The van der Waals surface area contributed by atoms with Crippen LogP contribution < -0.4 is 10.7 Å². The van der Waals surface area contributed by atoms with E-state index in [1.54, 1.807) is 28.3 Å². The number of guanidine groups is 1. The summed E-state index contributed by atoms with van der Waals surface area (Å²) in [6, 6.07) is 1.92. The van der Waals surface area contributed by atoms with Crippen molar-refractivity contribution in [2.45, 2.75) is 19.9 Å². The zero-order valence-corrected chi connectivity index (χ0v) is 7.23. The van der Waals surface area contributed by atoms with Crippen LogP contribution in [0.5, 0.6) is 0 Å². The molecule has 0 radical (unpaired) electrons. The molecule has 0 saturated heterocycles. The van der Waals surface area contributed by atoms with Gasteiger partial charge in [0.05, 0.1) is 12.2 Å². The molecule has 0 aromatic carbocycles. The van der Waals surface area contributed by atoms with E-state index in [9.17, 15) is 0 Å². The van der Waals surface area contributed by atoms with Crippen LogP contribution in [0.1, 0.15) is 13.8 Å². The highest BCUT2D eigenvalue weighted by Gasteiger charge is 2.12. The molecule has 3 N–H and O–H groups in total. The number of nitrogens with zero attached hydrogens (tertiary/aromatic N) is 3. The fraction of sp³-hybridized carbons (Fsp3) is 0.429. The van der Waals surface area contributed by atoms with E-state index in [2.05, 4.69) is 5.10 Å². The molecule has 0 amide bonds. The summed E-state index contributed by atoms with van der Waals surface area (Å²) in [6.07, 6.45) is 3.40. The summed E-state index contributed by atoms with van der Waals surface area (Å²) in [6.45, 7) is 3.90. The minimum absolute atomic E-state index is 0.00583. The molecule has 0 aliphatic rings. The maximum absolute atomic E-state index is 7.30. The second-order valence-corrected chi connectivity index (χ2v) is 2.75. The Morgan fingerprint density at radius 2 is 2.33 bits per heavy atom. The Morgan fingerprint density at radius 3 is 2.67 bits per heavy atom. The van der Waals surface area contributed by atoms with E-state index in [1.807, 2.05) is 13.8 Å². The summed E-state index contributed by atoms with van der Waals surface area (Å²) >= 11 is 0. The second kappa shape index (κ2) is 3.25. The lowest BCUT2D eigenvalue weighted by Crippen LogP contribution is -2.49. The van der Waals surface area contributed by atoms with Crippen molar-refractivity contribution < 1.29 is 0 Å². The Morgan fingerprint density at radius 1 is 1.67 bits per heavy atom. The van der Waals surface area contributed by atoms with Crippen LogP contribution in [0.4, 0.5) is 0 Å². The van der Waals surface area contributed by atoms with Gasteiger partial charge < -0.3 is 5.73 Å². The van der Waals surface area contributed by atoms with Crippen LogP contribution in [0.25, 0.3) is 0 Å². The van der Waals surface area contributed by atoms with Gasteiger partial charge in [0.25, 0.3) is 0 Å². The SMILES string of the molecule is CC(C)N(C(=N)N)n1cccn1. The first-order valence-electron chi connectivity index (χ1n) is 3.76. The fourth-order valence-electron chi connectivity index (χ4n) is 1.01. The van der Waals surface area contributed by atoms with Crippen LogP contribution >= 0.6 is 0 Å². The lowest BCUT2D eigenvalue weighted by Gasteiger charge is -2.25. The highest BCUT2D eigenvalue weighted by Crippen LogP contribution is 1.95. The quantitative estimate of drug-likeness (QED) is 0.485. The molecule has 0 saturated carbocycles. The highest BCUT2D eigenvalue weighted by atomic mass is 15.7. The molecule has 0 aliphatic heterocycles. The van der Waals surface area contributed by atoms with E-state index >= 15 is 0 Å². The summed E-state index contributed by atoms with van der Waals surface area (Å²) in [4.78, 5) is 1.55. The van der Waals surface area contributed by atoms with Crippen LogP contribution in [0, 0.1) is 5.41 Å². The maximum Gasteiger partial charge on any atom is 0.209 e. The molecule has 1 heterocycles. The molecule has 0 unspecified atom stereocenters. The molecule has 0 bridgehead atoms. The van der Waals surface area contributed by atoms with Crippen LogP contribution in [-0.4, -0.2) is 21.9 Å². The third-order valence-corrected chi connectivity index (χ3v) is 1.45. The average molecular weight is 167 g/mol. The predicted octanol–water partition coefficient (Wildman–Crippen LogP) is 0.123. The van der Waals surface area contributed by atoms with Gasteiger partial charge in [0.15, 0.2) is 0 Å². The average Bonchev–Trinajstić information content (AvgIpc) is 2.37. The van der Waals surface area contributed by atoms with Crippen molar-refractivity contribution in [1.82, 2.24) is 9.89 Å². The number of hydrogen-bond acceptors (Lipinski definition) is 2. The van der Waals surface area contributed by atoms with Crippen molar-refractivity contribution in [1.29, 1.82) is 5.41 Å². The maximum atomic E-state index is 7.30. The van der Waals surface area contributed by atoms with E-state index in [1.165, 1.54) is 0 Å². The number of nitrogens with one attached hydrogen (secondary N) is 1. The molecule has 5 heteroatoms. The van der Waals surface area contributed by atoms with Crippen molar-refractivity contribution in [3.8, 4) is 0 Å². The molecule has 1 rings (SSSR count). The summed E-state index contributed by atoms with van der Waals surface area (Å²) in [7, 11) is 0. The van der Waals surface area contributed by atoms with Gasteiger partial charge >= 0.3 is 0 Å². The van der Waals surface area contributed by atoms with Crippen molar-refractivity contribution in [2.75, 3.05) is 5.01 Å². The standard InChI is InChI=1S/C7H13N5/c1-6(2)12(7(8)9)11-5-3-4-10-11/h3-6H,1-2H3,(H3,8,9). The first-order chi connectivity index (χ1) is 5.63. The van der Waals surface area contributed by atoms with E-state index in [4.69, 9.17) is 11.1 Å².